The van der Waals surface area contributed by atoms with Crippen molar-refractivity contribution in [1.29, 1.82) is 0 Å². The molecule has 0 spiro atoms. The standard InChI is InChI=1S/C31H59N14O14P/c32-9-3-1-6-19(28(53)40-12-22(46)38-13-23(47)43-20(7-2-4-10-33)30(55)42-16-26(50)51)44-25(49)15-41-29(54)21(8-5-11-37-31(35)36)45-24(48)14-39-27(52)18(34)17-59-60(56,57)58/h18-21H,1-17,32-34H2,(H,38,46)(H,39,52)(H,40,53)(H,41,54)(H,42,55)(H,43,47)(H,44,49)(H,45,48)(H,50,51)(H4,35,36,37)(H2,56,57,58)/t18-,19-,20-,21-/m0/s1. The molecule has 0 radical (unpaired) electrons. The first-order chi connectivity index (χ1) is 28.2. The van der Waals surface area contributed by atoms with Gasteiger partial charge in [0.05, 0.1) is 32.8 Å². The number of nitrogens with two attached hydrogens (primary N) is 5. The van der Waals surface area contributed by atoms with Crippen molar-refractivity contribution in [1.82, 2.24) is 42.5 Å². The summed E-state index contributed by atoms with van der Waals surface area (Å²) in [5, 5.41) is 27.3. The fourth-order valence-corrected chi connectivity index (χ4v) is 5.05. The van der Waals surface area contributed by atoms with Crippen LogP contribution in [-0.2, 0) is 52.2 Å². The number of hydrogen-bond acceptors (Lipinski definition) is 15. The topological polar surface area (TPSA) is 479 Å². The van der Waals surface area contributed by atoms with Gasteiger partial charge < -0.3 is 86.1 Å². The molecule has 342 valence electrons. The van der Waals surface area contributed by atoms with Gasteiger partial charge in [0, 0.05) is 6.54 Å². The molecule has 0 aliphatic rings. The van der Waals surface area contributed by atoms with Crippen LogP contribution in [0.1, 0.15) is 51.4 Å². The molecule has 0 rings (SSSR count). The summed E-state index contributed by atoms with van der Waals surface area (Å²) in [6.45, 7) is -3.48. The number of carbonyl (C=O) groups is 9. The number of nitrogens with one attached hydrogen (secondary N) is 8. The molecule has 0 saturated carbocycles. The lowest BCUT2D eigenvalue weighted by Gasteiger charge is -2.21. The number of carboxylic acid groups (broad SMARTS) is 1. The zero-order valence-corrected chi connectivity index (χ0v) is 33.8. The molecule has 0 aromatic carbocycles. The molecule has 0 heterocycles. The van der Waals surface area contributed by atoms with Gasteiger partial charge in [-0.2, -0.15) is 0 Å². The third kappa shape index (κ3) is 28.0. The van der Waals surface area contributed by atoms with E-state index in [1.54, 1.807) is 0 Å². The van der Waals surface area contributed by atoms with Gasteiger partial charge in [0.25, 0.3) is 0 Å². The molecule has 0 aliphatic carbocycles. The highest BCUT2D eigenvalue weighted by Crippen LogP contribution is 2.35. The van der Waals surface area contributed by atoms with Crippen LogP contribution >= 0.6 is 7.82 Å². The Morgan fingerprint density at radius 3 is 1.35 bits per heavy atom. The summed E-state index contributed by atoms with van der Waals surface area (Å²) in [6.07, 6.45) is 2.18. The Labute approximate surface area is 344 Å². The van der Waals surface area contributed by atoms with Crippen molar-refractivity contribution >= 4 is 67.0 Å². The molecule has 0 bridgehead atoms. The molecular formula is C31H59N14O14P. The Balaban J connectivity index is 5.33. The minimum absolute atomic E-state index is 0.0507. The minimum atomic E-state index is -4.91. The van der Waals surface area contributed by atoms with Crippen LogP contribution in [0.4, 0.5) is 0 Å². The van der Waals surface area contributed by atoms with Gasteiger partial charge in [-0.1, -0.05) is 0 Å². The van der Waals surface area contributed by atoms with E-state index in [1.165, 1.54) is 0 Å². The van der Waals surface area contributed by atoms with Gasteiger partial charge in [0.15, 0.2) is 5.96 Å². The smallest absolute Gasteiger partial charge is 0.469 e. The van der Waals surface area contributed by atoms with E-state index in [4.69, 9.17) is 43.6 Å². The Kier molecular flexibility index (Phi) is 27.7. The average molecular weight is 883 g/mol. The second-order valence-corrected chi connectivity index (χ2v) is 14.1. The summed E-state index contributed by atoms with van der Waals surface area (Å²) in [5.74, 6) is -8.21. The van der Waals surface area contributed by atoms with Crippen LogP contribution in [0, 0.1) is 0 Å². The van der Waals surface area contributed by atoms with Crippen molar-refractivity contribution in [2.24, 2.45) is 33.7 Å². The number of amides is 8. The van der Waals surface area contributed by atoms with E-state index in [9.17, 15) is 47.7 Å². The van der Waals surface area contributed by atoms with Gasteiger partial charge in [-0.3, -0.25) is 52.7 Å². The maximum absolute atomic E-state index is 13.1. The van der Waals surface area contributed by atoms with Crippen LogP contribution in [0.5, 0.6) is 0 Å². The maximum atomic E-state index is 13.1. The molecule has 21 N–H and O–H groups in total. The fourth-order valence-electron chi connectivity index (χ4n) is 4.69. The quantitative estimate of drug-likeness (QED) is 0.0129. The van der Waals surface area contributed by atoms with Gasteiger partial charge in [-0.25, -0.2) is 4.57 Å². The number of carboxylic acids is 1. The van der Waals surface area contributed by atoms with E-state index in [1.807, 2.05) is 0 Å². The van der Waals surface area contributed by atoms with Gasteiger partial charge in [0.2, 0.25) is 47.3 Å². The zero-order valence-electron chi connectivity index (χ0n) is 32.9. The lowest BCUT2D eigenvalue weighted by atomic mass is 10.1. The number of nitrogens with zero attached hydrogens (tertiary/aromatic N) is 1. The van der Waals surface area contributed by atoms with Crippen LogP contribution in [0.3, 0.4) is 0 Å². The zero-order chi connectivity index (χ0) is 45.7. The summed E-state index contributed by atoms with van der Waals surface area (Å²) in [6, 6.07) is -5.13. The van der Waals surface area contributed by atoms with E-state index in [0.717, 1.165) is 0 Å². The third-order valence-corrected chi connectivity index (χ3v) is 8.17. The van der Waals surface area contributed by atoms with Crippen molar-refractivity contribution in [3.8, 4) is 0 Å². The Morgan fingerprint density at radius 2 is 0.950 bits per heavy atom. The summed E-state index contributed by atoms with van der Waals surface area (Å²) in [4.78, 5) is 133. The van der Waals surface area contributed by atoms with Crippen LogP contribution in [0.25, 0.3) is 0 Å². The van der Waals surface area contributed by atoms with Crippen molar-refractivity contribution in [3.63, 3.8) is 0 Å². The van der Waals surface area contributed by atoms with E-state index in [-0.39, 0.29) is 44.7 Å². The lowest BCUT2D eigenvalue weighted by Crippen LogP contribution is -2.54. The summed E-state index contributed by atoms with van der Waals surface area (Å²) in [5.41, 5.74) is 27.1. The normalized spacial score (nSPS) is 12.9. The number of aliphatic imine (C=N–C) groups is 1. The first-order valence-corrected chi connectivity index (χ1v) is 20.1. The van der Waals surface area contributed by atoms with Crippen molar-refractivity contribution in [3.05, 3.63) is 0 Å². The average Bonchev–Trinajstić information content (AvgIpc) is 3.18. The molecule has 0 aromatic heterocycles. The summed E-state index contributed by atoms with van der Waals surface area (Å²) < 4.78 is 15.0. The fraction of sp³-hybridized carbons (Fsp3) is 0.677. The van der Waals surface area contributed by atoms with Crippen molar-refractivity contribution in [2.45, 2.75) is 75.5 Å². The van der Waals surface area contributed by atoms with Crippen molar-refractivity contribution in [2.75, 3.05) is 59.0 Å². The molecule has 0 aromatic rings. The second-order valence-electron chi connectivity index (χ2n) is 12.8. The molecule has 0 aliphatic heterocycles. The molecule has 0 saturated heterocycles. The number of guanidine groups is 1. The van der Waals surface area contributed by atoms with Crippen LogP contribution in [-0.4, -0.2) is 157 Å². The molecule has 28 nitrogen and oxygen atoms in total. The van der Waals surface area contributed by atoms with E-state index >= 15 is 0 Å². The molecule has 4 atom stereocenters. The first kappa shape index (κ1) is 54.5. The summed E-state index contributed by atoms with van der Waals surface area (Å²) >= 11 is 0. The molecular weight excluding hydrogens is 823 g/mol. The first-order valence-electron chi connectivity index (χ1n) is 18.6. The van der Waals surface area contributed by atoms with Crippen LogP contribution in [0.2, 0.25) is 0 Å². The van der Waals surface area contributed by atoms with E-state index < -0.39 is 125 Å². The highest BCUT2D eigenvalue weighted by Gasteiger charge is 2.26. The Hall–Kier alpha value is -5.51. The van der Waals surface area contributed by atoms with E-state index in [2.05, 4.69) is 52.1 Å². The van der Waals surface area contributed by atoms with Gasteiger partial charge >= 0.3 is 13.8 Å². The van der Waals surface area contributed by atoms with Crippen LogP contribution in [0.15, 0.2) is 4.99 Å². The molecule has 60 heavy (non-hydrogen) atoms. The number of phosphoric ester groups is 1. The van der Waals surface area contributed by atoms with Gasteiger partial charge in [-0.05, 0) is 64.5 Å². The number of hydrogen-bond donors (Lipinski definition) is 16. The Bertz CT molecular complexity index is 1530. The molecule has 29 heteroatoms. The van der Waals surface area contributed by atoms with Crippen molar-refractivity contribution < 1.29 is 67.1 Å². The second kappa shape index (κ2) is 30.5. The maximum Gasteiger partial charge on any atom is 0.469 e. The number of phosphoric acid groups is 1. The van der Waals surface area contributed by atoms with E-state index in [0.29, 0.717) is 32.2 Å². The van der Waals surface area contributed by atoms with Gasteiger partial charge in [0.1, 0.15) is 30.7 Å². The number of unbranched alkanes of at least 4 members (excludes halogenated alkanes) is 2. The lowest BCUT2D eigenvalue weighted by molar-refractivity contribution is -0.138. The minimum Gasteiger partial charge on any atom is -0.480 e. The van der Waals surface area contributed by atoms with Gasteiger partial charge in [-0.15, -0.1) is 0 Å². The predicted octanol–water partition coefficient (Wildman–Crippen LogP) is -8.15. The monoisotopic (exact) mass is 882 g/mol. The molecule has 8 amide bonds. The Morgan fingerprint density at radius 1 is 0.567 bits per heavy atom. The molecule has 0 fully saturated rings. The third-order valence-electron chi connectivity index (χ3n) is 7.68. The predicted molar refractivity (Wildman–Crippen MR) is 210 cm³/mol. The molecule has 0 unspecified atom stereocenters. The highest BCUT2D eigenvalue weighted by atomic mass is 31.2. The summed E-state index contributed by atoms with van der Waals surface area (Å²) in [7, 11) is -4.91. The largest absolute Gasteiger partial charge is 0.480 e. The number of aliphatic carboxylic acids is 1. The SMILES string of the molecule is NCCCC[C@H](NC(=O)CNC(=O)CNC(=O)[C@H](CCCCN)NC(=O)CNC(=O)[C@H](CCCN=C(N)N)NC(=O)CNC(=O)[C@@H](N)COP(=O)(O)O)C(=O)NCC(=O)O. The highest BCUT2D eigenvalue weighted by molar-refractivity contribution is 7.46. The van der Waals surface area contributed by atoms with Crippen LogP contribution < -0.4 is 71.2 Å². The number of carbonyl (C=O) groups excluding carboxylic acids is 8. The number of rotatable bonds is 32.